The molecule has 0 spiro atoms. The number of thioether (sulfide) groups is 1. The van der Waals surface area contributed by atoms with Crippen molar-refractivity contribution >= 4 is 21.6 Å². The second kappa shape index (κ2) is 6.82. The van der Waals surface area contributed by atoms with Crippen LogP contribution < -0.4 is 5.32 Å². The molecule has 2 rings (SSSR count). The minimum atomic E-state index is -3.33. The predicted molar refractivity (Wildman–Crippen MR) is 86.2 cm³/mol. The van der Waals surface area contributed by atoms with Gasteiger partial charge in [0, 0.05) is 17.8 Å². The van der Waals surface area contributed by atoms with Crippen LogP contribution in [-0.2, 0) is 9.84 Å². The Balaban J connectivity index is 1.88. The molecule has 1 aromatic rings. The van der Waals surface area contributed by atoms with Crippen LogP contribution in [0.25, 0.3) is 0 Å². The number of hydrogen-bond acceptors (Lipinski definition) is 5. The summed E-state index contributed by atoms with van der Waals surface area (Å²) in [5.74, 6) is 0.0618. The first-order valence-electron chi connectivity index (χ1n) is 7.00. The van der Waals surface area contributed by atoms with E-state index in [1.807, 2.05) is 17.8 Å². The van der Waals surface area contributed by atoms with Crippen LogP contribution in [-0.4, -0.2) is 38.3 Å². The number of rotatable bonds is 7. The molecule has 0 heterocycles. The standard InChI is InChI=1S/C15H20N2O2S2/c1-20-15(6-3-7-15)12-17-8-9-21(18,19)14-5-2-4-13(10-14)11-16/h2,4-5,10,17H,3,6-9,12H2,1H3. The van der Waals surface area contributed by atoms with Crippen molar-refractivity contribution in [3.05, 3.63) is 29.8 Å². The first-order valence-corrected chi connectivity index (χ1v) is 9.88. The number of sulfone groups is 1. The van der Waals surface area contributed by atoms with Crippen molar-refractivity contribution in [2.75, 3.05) is 25.1 Å². The first-order chi connectivity index (χ1) is 10.0. The topological polar surface area (TPSA) is 70.0 Å². The van der Waals surface area contributed by atoms with Gasteiger partial charge in [0.1, 0.15) is 0 Å². The highest BCUT2D eigenvalue weighted by Gasteiger charge is 2.35. The number of nitrogens with one attached hydrogen (secondary N) is 1. The van der Waals surface area contributed by atoms with E-state index < -0.39 is 9.84 Å². The van der Waals surface area contributed by atoms with Crippen LogP contribution in [0.4, 0.5) is 0 Å². The molecule has 0 unspecified atom stereocenters. The molecule has 1 aromatic carbocycles. The summed E-state index contributed by atoms with van der Waals surface area (Å²) in [4.78, 5) is 0.228. The normalized spacial score (nSPS) is 17.0. The lowest BCUT2D eigenvalue weighted by Gasteiger charge is -2.40. The molecule has 0 bridgehead atoms. The van der Waals surface area contributed by atoms with Crippen molar-refractivity contribution in [2.45, 2.75) is 28.9 Å². The van der Waals surface area contributed by atoms with Crippen LogP contribution in [0.1, 0.15) is 24.8 Å². The monoisotopic (exact) mass is 324 g/mol. The van der Waals surface area contributed by atoms with Crippen LogP contribution in [0.3, 0.4) is 0 Å². The van der Waals surface area contributed by atoms with Crippen LogP contribution in [0.2, 0.25) is 0 Å². The van der Waals surface area contributed by atoms with Crippen molar-refractivity contribution in [2.24, 2.45) is 0 Å². The Labute approximate surface area is 130 Å². The summed E-state index contributed by atoms with van der Waals surface area (Å²) in [5.41, 5.74) is 0.375. The van der Waals surface area contributed by atoms with E-state index in [1.54, 1.807) is 18.2 Å². The van der Waals surface area contributed by atoms with Crippen molar-refractivity contribution in [3.8, 4) is 6.07 Å². The maximum Gasteiger partial charge on any atom is 0.179 e. The Morgan fingerprint density at radius 1 is 1.43 bits per heavy atom. The number of nitrogens with zero attached hydrogens (tertiary/aromatic N) is 1. The summed E-state index contributed by atoms with van der Waals surface area (Å²) in [6.07, 6.45) is 5.79. The van der Waals surface area contributed by atoms with Gasteiger partial charge >= 0.3 is 0 Å². The average molecular weight is 324 g/mol. The number of hydrogen-bond donors (Lipinski definition) is 1. The molecule has 114 valence electrons. The predicted octanol–water partition coefficient (Wildman–Crippen LogP) is 2.21. The van der Waals surface area contributed by atoms with Gasteiger partial charge in [-0.15, -0.1) is 0 Å². The second-order valence-corrected chi connectivity index (χ2v) is 8.76. The third-order valence-electron chi connectivity index (χ3n) is 4.01. The fourth-order valence-corrected chi connectivity index (χ4v) is 4.61. The molecule has 6 heteroatoms. The van der Waals surface area contributed by atoms with Crippen molar-refractivity contribution < 1.29 is 8.42 Å². The largest absolute Gasteiger partial charge is 0.314 e. The molecule has 1 aliphatic carbocycles. The van der Waals surface area contributed by atoms with Crippen molar-refractivity contribution in [1.29, 1.82) is 5.26 Å². The molecule has 0 amide bonds. The zero-order chi connectivity index (χ0) is 15.3. The van der Waals surface area contributed by atoms with E-state index >= 15 is 0 Å². The molecular formula is C15H20N2O2S2. The minimum absolute atomic E-state index is 0.0618. The summed E-state index contributed by atoms with van der Waals surface area (Å²) in [5, 5.41) is 12.1. The Bertz CT molecular complexity index is 626. The fourth-order valence-electron chi connectivity index (χ4n) is 2.42. The maximum atomic E-state index is 12.2. The Morgan fingerprint density at radius 2 is 2.19 bits per heavy atom. The lowest BCUT2D eigenvalue weighted by atomic mass is 9.84. The molecule has 1 fully saturated rings. The molecule has 1 N–H and O–H groups in total. The van der Waals surface area contributed by atoms with Gasteiger partial charge in [-0.25, -0.2) is 8.42 Å². The van der Waals surface area contributed by atoms with E-state index in [4.69, 9.17) is 5.26 Å². The first kappa shape index (κ1) is 16.3. The molecule has 4 nitrogen and oxygen atoms in total. The number of nitriles is 1. The molecule has 1 saturated carbocycles. The third-order valence-corrected chi connectivity index (χ3v) is 7.15. The van der Waals surface area contributed by atoms with Gasteiger partial charge < -0.3 is 5.32 Å². The van der Waals surface area contributed by atoms with E-state index in [-0.39, 0.29) is 10.6 Å². The van der Waals surface area contributed by atoms with E-state index in [1.165, 1.54) is 25.3 Å². The Kier molecular flexibility index (Phi) is 5.31. The summed E-state index contributed by atoms with van der Waals surface area (Å²) in [6, 6.07) is 8.16. The Morgan fingerprint density at radius 3 is 2.76 bits per heavy atom. The van der Waals surface area contributed by atoms with Gasteiger partial charge in [0.15, 0.2) is 9.84 Å². The van der Waals surface area contributed by atoms with Gasteiger partial charge in [-0.3, -0.25) is 0 Å². The van der Waals surface area contributed by atoms with E-state index in [0.29, 0.717) is 16.9 Å². The van der Waals surface area contributed by atoms with Gasteiger partial charge in [-0.05, 0) is 37.3 Å². The Hall–Kier alpha value is -1.03. The molecule has 0 radical (unpaired) electrons. The molecule has 0 aromatic heterocycles. The summed E-state index contributed by atoms with van der Waals surface area (Å²) >= 11 is 1.87. The van der Waals surface area contributed by atoms with Crippen LogP contribution >= 0.6 is 11.8 Å². The zero-order valence-corrected chi connectivity index (χ0v) is 13.8. The van der Waals surface area contributed by atoms with Crippen molar-refractivity contribution in [3.63, 3.8) is 0 Å². The zero-order valence-electron chi connectivity index (χ0n) is 12.1. The molecule has 1 aliphatic rings. The van der Waals surface area contributed by atoms with E-state index in [9.17, 15) is 8.42 Å². The molecule has 21 heavy (non-hydrogen) atoms. The maximum absolute atomic E-state index is 12.2. The van der Waals surface area contributed by atoms with Gasteiger partial charge in [-0.2, -0.15) is 17.0 Å². The van der Waals surface area contributed by atoms with Gasteiger partial charge in [0.25, 0.3) is 0 Å². The SMILES string of the molecule is CSC1(CNCCS(=O)(=O)c2cccc(C#N)c2)CCC1. The van der Waals surface area contributed by atoms with Crippen molar-refractivity contribution in [1.82, 2.24) is 5.32 Å². The van der Waals surface area contributed by atoms with Gasteiger partial charge in [-0.1, -0.05) is 12.5 Å². The van der Waals surface area contributed by atoms with Crippen LogP contribution in [0.5, 0.6) is 0 Å². The summed E-state index contributed by atoms with van der Waals surface area (Å²) < 4.78 is 24.8. The summed E-state index contributed by atoms with van der Waals surface area (Å²) in [7, 11) is -3.33. The molecular weight excluding hydrogens is 304 g/mol. The molecule has 0 saturated heterocycles. The highest BCUT2D eigenvalue weighted by atomic mass is 32.2. The second-order valence-electron chi connectivity index (χ2n) is 5.38. The highest BCUT2D eigenvalue weighted by molar-refractivity contribution is 8.00. The van der Waals surface area contributed by atoms with Crippen LogP contribution in [0.15, 0.2) is 29.2 Å². The quantitative estimate of drug-likeness (QED) is 0.779. The molecule has 0 aliphatic heterocycles. The number of benzene rings is 1. The van der Waals surface area contributed by atoms with Crippen LogP contribution in [0, 0.1) is 11.3 Å². The fraction of sp³-hybridized carbons (Fsp3) is 0.533. The summed E-state index contributed by atoms with van der Waals surface area (Å²) in [6.45, 7) is 1.31. The van der Waals surface area contributed by atoms with Gasteiger partial charge in [0.2, 0.25) is 0 Å². The lowest BCUT2D eigenvalue weighted by molar-refractivity contribution is 0.349. The third kappa shape index (κ3) is 4.00. The lowest BCUT2D eigenvalue weighted by Crippen LogP contribution is -2.44. The highest BCUT2D eigenvalue weighted by Crippen LogP contribution is 2.42. The average Bonchev–Trinajstić information content (AvgIpc) is 2.46. The minimum Gasteiger partial charge on any atom is -0.314 e. The van der Waals surface area contributed by atoms with Gasteiger partial charge in [0.05, 0.1) is 22.3 Å². The van der Waals surface area contributed by atoms with E-state index in [0.717, 1.165) is 6.54 Å². The van der Waals surface area contributed by atoms with E-state index in [2.05, 4.69) is 11.6 Å². The smallest absolute Gasteiger partial charge is 0.179 e. The molecule has 0 atom stereocenters.